The molecule has 1 unspecified atom stereocenters. The number of benzene rings is 2. The van der Waals surface area contributed by atoms with Crippen LogP contribution in [0.15, 0.2) is 46.9 Å². The Kier molecular flexibility index (Phi) is 7.24. The highest BCUT2D eigenvalue weighted by Gasteiger charge is 2.23. The molecule has 0 aromatic heterocycles. The molecule has 0 heterocycles. The lowest BCUT2D eigenvalue weighted by molar-refractivity contribution is -0.153. The van der Waals surface area contributed by atoms with Crippen molar-refractivity contribution in [3.63, 3.8) is 0 Å². The van der Waals surface area contributed by atoms with E-state index in [4.69, 9.17) is 14.2 Å². The molecule has 0 radical (unpaired) electrons. The van der Waals surface area contributed by atoms with Crippen molar-refractivity contribution in [3.05, 3.63) is 52.5 Å². The van der Waals surface area contributed by atoms with Gasteiger partial charge in [0.1, 0.15) is 0 Å². The highest BCUT2D eigenvalue weighted by atomic mass is 79.9. The highest BCUT2D eigenvalue weighted by molar-refractivity contribution is 9.10. The normalized spacial score (nSPS) is 11.4. The minimum absolute atomic E-state index is 0.00634. The first-order valence-corrected chi connectivity index (χ1v) is 9.09. The van der Waals surface area contributed by atoms with Crippen LogP contribution in [-0.4, -0.2) is 39.2 Å². The third-order valence-corrected chi connectivity index (χ3v) is 4.76. The molecular formula is C20H22BrNO5. The predicted octanol–water partition coefficient (Wildman–Crippen LogP) is 3.60. The summed E-state index contributed by atoms with van der Waals surface area (Å²) in [5.74, 6) is 0.247. The molecule has 0 N–H and O–H groups in total. The summed E-state index contributed by atoms with van der Waals surface area (Å²) < 4.78 is 16.5. The molecule has 1 atom stereocenters. The van der Waals surface area contributed by atoms with Crippen molar-refractivity contribution in [1.29, 1.82) is 0 Å². The fourth-order valence-electron chi connectivity index (χ4n) is 2.53. The van der Waals surface area contributed by atoms with Crippen LogP contribution < -0.4 is 14.4 Å². The van der Waals surface area contributed by atoms with Crippen molar-refractivity contribution in [2.45, 2.75) is 19.4 Å². The Balaban J connectivity index is 2.04. The van der Waals surface area contributed by atoms with Crippen molar-refractivity contribution in [1.82, 2.24) is 0 Å². The molecular weight excluding hydrogens is 414 g/mol. The smallest absolute Gasteiger partial charge is 0.311 e. The molecule has 2 rings (SSSR count). The van der Waals surface area contributed by atoms with E-state index in [0.717, 1.165) is 5.69 Å². The number of amides is 1. The van der Waals surface area contributed by atoms with E-state index in [9.17, 15) is 9.59 Å². The van der Waals surface area contributed by atoms with Crippen LogP contribution in [0.25, 0.3) is 0 Å². The number of nitrogens with zero attached hydrogens (tertiary/aromatic N) is 1. The maximum Gasteiger partial charge on any atom is 0.311 e. The molecule has 2 aromatic carbocycles. The molecule has 0 bridgehead atoms. The van der Waals surface area contributed by atoms with Crippen LogP contribution in [0.2, 0.25) is 0 Å². The van der Waals surface area contributed by atoms with Crippen molar-refractivity contribution in [3.8, 4) is 11.5 Å². The molecule has 0 aliphatic rings. The van der Waals surface area contributed by atoms with Gasteiger partial charge in [0.25, 0.3) is 5.91 Å². The number of hydrogen-bond acceptors (Lipinski definition) is 5. The number of anilines is 1. The third-order valence-electron chi connectivity index (χ3n) is 4.02. The van der Waals surface area contributed by atoms with E-state index >= 15 is 0 Å². The van der Waals surface area contributed by atoms with Gasteiger partial charge in [0.15, 0.2) is 17.6 Å². The fraction of sp³-hybridized carbons (Fsp3) is 0.300. The Morgan fingerprint density at radius 2 is 1.67 bits per heavy atom. The van der Waals surface area contributed by atoms with Crippen LogP contribution in [0, 0.1) is 0 Å². The zero-order valence-electron chi connectivity index (χ0n) is 15.7. The van der Waals surface area contributed by atoms with Gasteiger partial charge in [0.05, 0.1) is 20.6 Å². The quantitative estimate of drug-likeness (QED) is 0.621. The Hall–Kier alpha value is -2.54. The van der Waals surface area contributed by atoms with Gasteiger partial charge in [-0.3, -0.25) is 9.59 Å². The highest BCUT2D eigenvalue weighted by Crippen LogP contribution is 2.33. The van der Waals surface area contributed by atoms with Gasteiger partial charge < -0.3 is 19.1 Å². The number of hydrogen-bond donors (Lipinski definition) is 0. The molecule has 6 nitrogen and oxygen atoms in total. The van der Waals surface area contributed by atoms with Crippen molar-refractivity contribution >= 4 is 33.5 Å². The van der Waals surface area contributed by atoms with Gasteiger partial charge in [-0.1, -0.05) is 34.1 Å². The molecule has 0 saturated heterocycles. The molecule has 1 amide bonds. The second kappa shape index (κ2) is 9.41. The van der Waals surface area contributed by atoms with Gasteiger partial charge in [-0.25, -0.2) is 0 Å². The zero-order chi connectivity index (χ0) is 20.0. The average Bonchev–Trinajstić information content (AvgIpc) is 2.68. The molecule has 0 spiro atoms. The Morgan fingerprint density at radius 3 is 2.26 bits per heavy atom. The molecule has 27 heavy (non-hydrogen) atoms. The van der Waals surface area contributed by atoms with Crippen LogP contribution >= 0.6 is 15.9 Å². The lowest BCUT2D eigenvalue weighted by Gasteiger charge is -2.21. The summed E-state index contributed by atoms with van der Waals surface area (Å²) in [5.41, 5.74) is 1.40. The summed E-state index contributed by atoms with van der Waals surface area (Å²) in [4.78, 5) is 26.3. The van der Waals surface area contributed by atoms with Crippen LogP contribution in [0.3, 0.4) is 0 Å². The van der Waals surface area contributed by atoms with E-state index < -0.39 is 12.1 Å². The number of esters is 1. The lowest BCUT2D eigenvalue weighted by Crippen LogP contribution is -2.37. The van der Waals surface area contributed by atoms with Gasteiger partial charge in [-0.05, 0) is 36.8 Å². The fourth-order valence-corrected chi connectivity index (χ4v) is 2.99. The first kappa shape index (κ1) is 20.8. The number of methoxy groups -OCH3 is 2. The summed E-state index contributed by atoms with van der Waals surface area (Å²) in [6.07, 6.45) is -0.908. The summed E-state index contributed by atoms with van der Waals surface area (Å²) in [7, 11) is 4.70. The number of ether oxygens (including phenoxy) is 3. The van der Waals surface area contributed by atoms with Gasteiger partial charge in [-0.2, -0.15) is 0 Å². The van der Waals surface area contributed by atoms with E-state index in [-0.39, 0.29) is 12.3 Å². The number of rotatable bonds is 7. The van der Waals surface area contributed by atoms with Crippen LogP contribution in [-0.2, 0) is 20.7 Å². The zero-order valence-corrected chi connectivity index (χ0v) is 17.3. The standard InChI is InChI=1S/C20H22BrNO5/c1-13(20(24)22(2)15-8-6-5-7-9-15)27-19(23)11-14-10-17(25-3)18(26-4)12-16(14)21/h5-10,12-13H,11H2,1-4H3. The van der Waals surface area contributed by atoms with Gasteiger partial charge >= 0.3 is 5.97 Å². The molecule has 0 fully saturated rings. The molecule has 2 aromatic rings. The summed E-state index contributed by atoms with van der Waals surface area (Å²) >= 11 is 3.41. The van der Waals surface area contributed by atoms with E-state index in [1.54, 1.807) is 26.1 Å². The summed E-state index contributed by atoms with van der Waals surface area (Å²) in [5, 5.41) is 0. The molecule has 0 aliphatic carbocycles. The SMILES string of the molecule is COc1cc(Br)c(CC(=O)OC(C)C(=O)N(C)c2ccccc2)cc1OC. The number of carbonyl (C=O) groups is 2. The summed E-state index contributed by atoms with van der Waals surface area (Å²) in [6, 6.07) is 12.6. The first-order chi connectivity index (χ1) is 12.9. The number of carbonyl (C=O) groups excluding carboxylic acids is 2. The minimum Gasteiger partial charge on any atom is -0.493 e. The number of likely N-dealkylation sites (N-methyl/N-ethyl adjacent to an activating group) is 1. The molecule has 0 aliphatic heterocycles. The average molecular weight is 436 g/mol. The van der Waals surface area contributed by atoms with Gasteiger partial charge in [0.2, 0.25) is 0 Å². The van der Waals surface area contributed by atoms with Crippen LogP contribution in [0.5, 0.6) is 11.5 Å². The monoisotopic (exact) mass is 435 g/mol. The van der Waals surface area contributed by atoms with Crippen molar-refractivity contribution in [2.75, 3.05) is 26.2 Å². The van der Waals surface area contributed by atoms with Crippen LogP contribution in [0.1, 0.15) is 12.5 Å². The Labute approximate surface area is 167 Å². The topological polar surface area (TPSA) is 65.1 Å². The Morgan fingerprint density at radius 1 is 1.07 bits per heavy atom. The Bertz CT molecular complexity index is 810. The molecule has 0 saturated carbocycles. The van der Waals surface area contributed by atoms with Crippen molar-refractivity contribution in [2.24, 2.45) is 0 Å². The lowest BCUT2D eigenvalue weighted by atomic mass is 10.1. The van der Waals surface area contributed by atoms with Crippen LogP contribution in [0.4, 0.5) is 5.69 Å². The maximum absolute atomic E-state index is 12.5. The molecule has 7 heteroatoms. The predicted molar refractivity (Wildman–Crippen MR) is 106 cm³/mol. The van der Waals surface area contributed by atoms with E-state index in [2.05, 4.69) is 15.9 Å². The van der Waals surface area contributed by atoms with E-state index in [1.165, 1.54) is 19.1 Å². The van der Waals surface area contributed by atoms with Gasteiger partial charge in [-0.15, -0.1) is 0 Å². The maximum atomic E-state index is 12.5. The summed E-state index contributed by atoms with van der Waals surface area (Å²) in [6.45, 7) is 1.56. The number of para-hydroxylation sites is 1. The minimum atomic E-state index is -0.901. The molecule has 144 valence electrons. The number of halogens is 1. The third kappa shape index (κ3) is 5.23. The van der Waals surface area contributed by atoms with E-state index in [1.807, 2.05) is 30.3 Å². The van der Waals surface area contributed by atoms with Gasteiger partial charge in [0, 0.05) is 17.2 Å². The largest absolute Gasteiger partial charge is 0.493 e. The second-order valence-electron chi connectivity index (χ2n) is 5.84. The second-order valence-corrected chi connectivity index (χ2v) is 6.69. The van der Waals surface area contributed by atoms with Crippen molar-refractivity contribution < 1.29 is 23.8 Å². The van der Waals surface area contributed by atoms with E-state index in [0.29, 0.717) is 21.5 Å². The first-order valence-electron chi connectivity index (χ1n) is 8.29.